The third kappa shape index (κ3) is 2.60. The number of aromatic nitrogens is 1. The Bertz CT molecular complexity index is 723. The van der Waals surface area contributed by atoms with E-state index < -0.39 is 11.3 Å². The molecule has 22 heavy (non-hydrogen) atoms. The van der Waals surface area contributed by atoms with E-state index in [9.17, 15) is 9.59 Å². The highest BCUT2D eigenvalue weighted by Crippen LogP contribution is 2.45. The van der Waals surface area contributed by atoms with Gasteiger partial charge in [0, 0.05) is 5.02 Å². The molecule has 0 aliphatic heterocycles. The number of carbonyl (C=O) groups is 2. The second kappa shape index (κ2) is 5.70. The summed E-state index contributed by atoms with van der Waals surface area (Å²) < 4.78 is 0. The molecule has 0 radical (unpaired) electrons. The summed E-state index contributed by atoms with van der Waals surface area (Å²) in [6.45, 7) is 0. The molecule has 114 valence electrons. The van der Waals surface area contributed by atoms with E-state index in [1.54, 1.807) is 12.1 Å². The smallest absolute Gasteiger partial charge is 0.260 e. The highest BCUT2D eigenvalue weighted by molar-refractivity contribution is 7.17. The summed E-state index contributed by atoms with van der Waals surface area (Å²) in [5.74, 6) is -0.652. The minimum atomic E-state index is -0.547. The van der Waals surface area contributed by atoms with Gasteiger partial charge in [-0.3, -0.25) is 9.59 Å². The SMILES string of the molecule is NC(=O)c1cnc(NC(=O)C2(c3ccc(Cl)cc3)CCC2)s1. The van der Waals surface area contributed by atoms with Crippen LogP contribution in [0.1, 0.15) is 34.5 Å². The number of nitrogens with zero attached hydrogens (tertiary/aromatic N) is 1. The van der Waals surface area contributed by atoms with E-state index in [2.05, 4.69) is 10.3 Å². The van der Waals surface area contributed by atoms with Gasteiger partial charge in [-0.1, -0.05) is 41.5 Å². The molecule has 5 nitrogen and oxygen atoms in total. The van der Waals surface area contributed by atoms with Gasteiger partial charge in [0.25, 0.3) is 5.91 Å². The van der Waals surface area contributed by atoms with Gasteiger partial charge in [-0.05, 0) is 30.5 Å². The Kier molecular flexibility index (Phi) is 3.88. The molecule has 1 aliphatic rings. The van der Waals surface area contributed by atoms with Crippen LogP contribution in [0.15, 0.2) is 30.5 Å². The highest BCUT2D eigenvalue weighted by atomic mass is 35.5. The number of primary amides is 1. The molecule has 3 rings (SSSR count). The lowest BCUT2D eigenvalue weighted by atomic mass is 9.64. The Morgan fingerprint density at radius 2 is 1.95 bits per heavy atom. The number of rotatable bonds is 4. The molecule has 0 bridgehead atoms. The van der Waals surface area contributed by atoms with Gasteiger partial charge >= 0.3 is 0 Å². The molecule has 2 amide bonds. The summed E-state index contributed by atoms with van der Waals surface area (Å²) in [6, 6.07) is 7.35. The number of thiazole rings is 1. The molecule has 7 heteroatoms. The van der Waals surface area contributed by atoms with E-state index in [-0.39, 0.29) is 5.91 Å². The minimum Gasteiger partial charge on any atom is -0.365 e. The number of benzene rings is 1. The average molecular weight is 336 g/mol. The third-order valence-corrected chi connectivity index (χ3v) is 5.19. The van der Waals surface area contributed by atoms with E-state index in [1.807, 2.05) is 12.1 Å². The van der Waals surface area contributed by atoms with Crippen molar-refractivity contribution in [3.05, 3.63) is 45.9 Å². The predicted molar refractivity (Wildman–Crippen MR) is 86.2 cm³/mol. The van der Waals surface area contributed by atoms with Crippen LogP contribution < -0.4 is 11.1 Å². The first-order valence-electron chi connectivity index (χ1n) is 6.84. The number of hydrogen-bond acceptors (Lipinski definition) is 4. The Morgan fingerprint density at radius 3 is 2.45 bits per heavy atom. The van der Waals surface area contributed by atoms with Crippen molar-refractivity contribution in [1.82, 2.24) is 4.98 Å². The maximum absolute atomic E-state index is 12.7. The molecule has 0 atom stereocenters. The fraction of sp³-hybridized carbons (Fsp3) is 0.267. The molecular weight excluding hydrogens is 322 g/mol. The molecule has 0 spiro atoms. The summed E-state index contributed by atoms with van der Waals surface area (Å²) in [6.07, 6.45) is 3.95. The lowest BCUT2D eigenvalue weighted by Gasteiger charge is -2.40. The van der Waals surface area contributed by atoms with Crippen molar-refractivity contribution in [2.24, 2.45) is 5.73 Å². The number of halogens is 1. The molecule has 1 fully saturated rings. The zero-order chi connectivity index (χ0) is 15.7. The van der Waals surface area contributed by atoms with Gasteiger partial charge in [-0.15, -0.1) is 0 Å². The standard InChI is InChI=1S/C15H14ClN3O2S/c16-10-4-2-9(3-5-10)15(6-1-7-15)13(21)19-14-18-8-11(22-14)12(17)20/h2-5,8H,1,6-7H2,(H2,17,20)(H,18,19,21). The van der Waals surface area contributed by atoms with E-state index in [0.29, 0.717) is 15.0 Å². The fourth-order valence-electron chi connectivity index (χ4n) is 2.61. The zero-order valence-corrected chi connectivity index (χ0v) is 13.2. The lowest BCUT2D eigenvalue weighted by Crippen LogP contribution is -2.45. The van der Waals surface area contributed by atoms with Gasteiger partial charge in [-0.25, -0.2) is 4.98 Å². The van der Waals surface area contributed by atoms with Crippen LogP contribution in [0.5, 0.6) is 0 Å². The number of amides is 2. The van der Waals surface area contributed by atoms with Crippen molar-refractivity contribution in [2.45, 2.75) is 24.7 Å². The van der Waals surface area contributed by atoms with Crippen LogP contribution >= 0.6 is 22.9 Å². The van der Waals surface area contributed by atoms with Gasteiger partial charge in [0.15, 0.2) is 5.13 Å². The number of nitrogens with one attached hydrogen (secondary N) is 1. The van der Waals surface area contributed by atoms with Crippen LogP contribution in [-0.4, -0.2) is 16.8 Å². The first-order chi connectivity index (χ1) is 10.5. The number of nitrogens with two attached hydrogens (primary N) is 1. The summed E-state index contributed by atoms with van der Waals surface area (Å²) >= 11 is 6.99. The predicted octanol–water partition coefficient (Wildman–Crippen LogP) is 2.96. The van der Waals surface area contributed by atoms with Crippen molar-refractivity contribution in [3.63, 3.8) is 0 Å². The first-order valence-corrected chi connectivity index (χ1v) is 8.04. The monoisotopic (exact) mass is 335 g/mol. The molecule has 1 heterocycles. The molecule has 1 aromatic carbocycles. The molecule has 1 aliphatic carbocycles. The molecule has 0 saturated heterocycles. The molecule has 0 unspecified atom stereocenters. The van der Waals surface area contributed by atoms with Crippen molar-refractivity contribution in [3.8, 4) is 0 Å². The fourth-order valence-corrected chi connectivity index (χ4v) is 3.40. The second-order valence-electron chi connectivity index (χ2n) is 5.29. The summed E-state index contributed by atoms with van der Waals surface area (Å²) in [5.41, 5.74) is 5.61. The normalized spacial score (nSPS) is 15.9. The van der Waals surface area contributed by atoms with Crippen molar-refractivity contribution in [2.75, 3.05) is 5.32 Å². The van der Waals surface area contributed by atoms with Crippen molar-refractivity contribution < 1.29 is 9.59 Å². The quantitative estimate of drug-likeness (QED) is 0.900. The first kappa shape index (κ1) is 15.0. The number of carbonyl (C=O) groups excluding carboxylic acids is 2. The molecule has 3 N–H and O–H groups in total. The van der Waals surface area contributed by atoms with Gasteiger partial charge < -0.3 is 11.1 Å². The van der Waals surface area contributed by atoms with Crippen LogP contribution in [-0.2, 0) is 10.2 Å². The van der Waals surface area contributed by atoms with Crippen molar-refractivity contribution >= 4 is 39.9 Å². The average Bonchev–Trinajstić information content (AvgIpc) is 2.88. The van der Waals surface area contributed by atoms with Crippen LogP contribution in [0.3, 0.4) is 0 Å². The second-order valence-corrected chi connectivity index (χ2v) is 6.76. The van der Waals surface area contributed by atoms with Gasteiger partial charge in [-0.2, -0.15) is 0 Å². The van der Waals surface area contributed by atoms with Crippen LogP contribution in [0.2, 0.25) is 5.02 Å². The number of anilines is 1. The van der Waals surface area contributed by atoms with Crippen LogP contribution in [0.25, 0.3) is 0 Å². The summed E-state index contributed by atoms with van der Waals surface area (Å²) in [4.78, 5) is 28.1. The van der Waals surface area contributed by atoms with Gasteiger partial charge in [0.2, 0.25) is 5.91 Å². The Balaban J connectivity index is 1.82. The van der Waals surface area contributed by atoms with E-state index in [0.717, 1.165) is 36.2 Å². The molecule has 2 aromatic rings. The van der Waals surface area contributed by atoms with Crippen LogP contribution in [0.4, 0.5) is 5.13 Å². The van der Waals surface area contributed by atoms with Gasteiger partial charge in [0.1, 0.15) is 4.88 Å². The topological polar surface area (TPSA) is 85.1 Å². The van der Waals surface area contributed by atoms with Crippen LogP contribution in [0, 0.1) is 0 Å². The lowest BCUT2D eigenvalue weighted by molar-refractivity contribution is -0.124. The molecule has 1 aromatic heterocycles. The van der Waals surface area contributed by atoms with E-state index >= 15 is 0 Å². The molecular formula is C15H14ClN3O2S. The minimum absolute atomic E-state index is 0.105. The Labute approximate surface area is 136 Å². The Morgan fingerprint density at radius 1 is 1.27 bits per heavy atom. The van der Waals surface area contributed by atoms with E-state index in [4.69, 9.17) is 17.3 Å². The maximum Gasteiger partial charge on any atom is 0.260 e. The maximum atomic E-state index is 12.7. The number of hydrogen-bond donors (Lipinski definition) is 2. The zero-order valence-electron chi connectivity index (χ0n) is 11.6. The van der Waals surface area contributed by atoms with E-state index in [1.165, 1.54) is 6.20 Å². The third-order valence-electron chi connectivity index (χ3n) is 4.01. The summed E-state index contributed by atoms with van der Waals surface area (Å²) in [5, 5.41) is 3.83. The Hall–Kier alpha value is -1.92. The largest absolute Gasteiger partial charge is 0.365 e. The van der Waals surface area contributed by atoms with Gasteiger partial charge in [0.05, 0.1) is 11.6 Å². The van der Waals surface area contributed by atoms with Crippen molar-refractivity contribution in [1.29, 1.82) is 0 Å². The molecule has 1 saturated carbocycles. The highest BCUT2D eigenvalue weighted by Gasteiger charge is 2.45. The summed E-state index contributed by atoms with van der Waals surface area (Å²) in [7, 11) is 0.